The van der Waals surface area contributed by atoms with Crippen LogP contribution in [-0.2, 0) is 35.4 Å². The Kier molecular flexibility index (Phi) is 13.1. The van der Waals surface area contributed by atoms with Crippen LogP contribution in [0.5, 0.6) is 5.75 Å². The van der Waals surface area contributed by atoms with Gasteiger partial charge in [0.05, 0.1) is 36.3 Å². The predicted molar refractivity (Wildman–Crippen MR) is 192 cm³/mol. The van der Waals surface area contributed by atoms with Gasteiger partial charge in [-0.25, -0.2) is 22.6 Å². The molecule has 4 aromatic rings. The first-order valence-electron chi connectivity index (χ1n) is 16.8. The molecule has 1 aliphatic heterocycles. The van der Waals surface area contributed by atoms with Crippen molar-refractivity contribution in [3.8, 4) is 5.75 Å². The Morgan fingerprint density at radius 1 is 1.07 bits per heavy atom. The summed E-state index contributed by atoms with van der Waals surface area (Å²) in [5.41, 5.74) is 7.67. The van der Waals surface area contributed by atoms with E-state index in [2.05, 4.69) is 10.3 Å². The Balaban J connectivity index is 0.000000845. The number of benzene rings is 3. The van der Waals surface area contributed by atoms with Crippen molar-refractivity contribution < 1.29 is 54.9 Å². The van der Waals surface area contributed by atoms with E-state index < -0.39 is 57.7 Å². The number of amides is 1. The Morgan fingerprint density at radius 2 is 1.76 bits per heavy atom. The number of hydrogen-bond donors (Lipinski definition) is 3. The first-order valence-corrected chi connectivity index (χ1v) is 18.5. The van der Waals surface area contributed by atoms with Gasteiger partial charge in [0, 0.05) is 29.4 Å². The summed E-state index contributed by atoms with van der Waals surface area (Å²) >= 11 is 0. The Labute approximate surface area is 309 Å². The fourth-order valence-electron chi connectivity index (χ4n) is 6.22. The second-order valence-electron chi connectivity index (χ2n) is 12.1. The van der Waals surface area contributed by atoms with Crippen LogP contribution < -0.4 is 15.8 Å². The fourth-order valence-corrected chi connectivity index (χ4v) is 7.37. The third kappa shape index (κ3) is 9.01. The van der Waals surface area contributed by atoms with Crippen molar-refractivity contribution in [2.24, 2.45) is 5.92 Å². The van der Waals surface area contributed by atoms with E-state index in [0.717, 1.165) is 10.9 Å². The van der Waals surface area contributed by atoms with Gasteiger partial charge in [-0.15, -0.1) is 0 Å². The summed E-state index contributed by atoms with van der Waals surface area (Å²) in [6, 6.07) is 14.4. The molecule has 1 saturated heterocycles. The number of aliphatic carboxylic acids is 1. The number of carbonyl (C=O) groups is 3. The topological polar surface area (TPSA) is 178 Å². The van der Waals surface area contributed by atoms with Gasteiger partial charge in [0.1, 0.15) is 11.9 Å². The second-order valence-corrected chi connectivity index (χ2v) is 14.4. The molecule has 0 radical (unpaired) electrons. The molecule has 0 saturated carbocycles. The molecule has 0 unspecified atom stereocenters. The number of aryl methyl sites for hydroxylation is 1. The molecule has 54 heavy (non-hydrogen) atoms. The summed E-state index contributed by atoms with van der Waals surface area (Å²) in [7, 11) is -2.38. The number of nitrogens with zero attached hydrogens (tertiary/aromatic N) is 2. The summed E-state index contributed by atoms with van der Waals surface area (Å²) in [4.78, 5) is 42.7. The van der Waals surface area contributed by atoms with Crippen LogP contribution in [0.1, 0.15) is 56.0 Å². The summed E-state index contributed by atoms with van der Waals surface area (Å²) in [6.07, 6.45) is -2.73. The molecule has 1 amide bonds. The maximum atomic E-state index is 16.2. The number of rotatable bonds is 11. The van der Waals surface area contributed by atoms with Gasteiger partial charge in [0.25, 0.3) is 0 Å². The maximum Gasteiger partial charge on any atom is 0.490 e. The number of aromatic nitrogens is 1. The van der Waals surface area contributed by atoms with Crippen LogP contribution in [0.15, 0.2) is 71.8 Å². The number of hydrogen-bond acceptors (Lipinski definition) is 10. The molecule has 1 fully saturated rings. The van der Waals surface area contributed by atoms with E-state index in [4.69, 9.17) is 25.1 Å². The number of methoxy groups -OCH3 is 1. The number of ether oxygens (including phenoxy) is 2. The number of carboxylic acid groups (broad SMARTS) is 1. The molecule has 2 heterocycles. The summed E-state index contributed by atoms with van der Waals surface area (Å²) in [6.45, 7) is 5.36. The summed E-state index contributed by atoms with van der Waals surface area (Å²) in [5.74, 6) is -5.24. The highest BCUT2D eigenvalue weighted by Gasteiger charge is 2.47. The second kappa shape index (κ2) is 17.1. The smallest absolute Gasteiger partial charge is 0.490 e. The number of anilines is 2. The molecule has 5 rings (SSSR count). The molecule has 3 atom stereocenters. The van der Waals surface area contributed by atoms with Crippen LogP contribution in [-0.4, -0.2) is 73.4 Å². The number of alkyl halides is 3. The number of carboxylic acids is 1. The van der Waals surface area contributed by atoms with E-state index in [0.29, 0.717) is 28.9 Å². The standard InChI is InChI=1S/C35H39FN4O6S.C2HF3O2/c1-5-21-18-27(30(36)28(19-21)45-4)31(39-23-12-13-24-22(20-23)14-16-38-33(24)37)34(41)40-17-15-26(35(42)46-6-2)32(40)25-10-8-9-11-29(25)47(43,44)7-3;3-2(4,5)1(6)7/h8-14,16,18-20,26,31-32,39H,5-7,15,17H2,1-4H3,(H2,37,38);(H,6,7)/t26-,31-,32-;/m0./s1. The van der Waals surface area contributed by atoms with Gasteiger partial charge in [0.15, 0.2) is 21.4 Å². The van der Waals surface area contributed by atoms with Crippen molar-refractivity contribution in [2.75, 3.05) is 37.1 Å². The third-order valence-corrected chi connectivity index (χ3v) is 10.7. The van der Waals surface area contributed by atoms with E-state index >= 15 is 4.39 Å². The highest BCUT2D eigenvalue weighted by Crippen LogP contribution is 2.43. The lowest BCUT2D eigenvalue weighted by atomic mass is 9.92. The van der Waals surface area contributed by atoms with Gasteiger partial charge in [-0.3, -0.25) is 9.59 Å². The molecule has 0 bridgehead atoms. The molecule has 17 heteroatoms. The molecule has 12 nitrogen and oxygen atoms in total. The number of fused-ring (bicyclic) bond motifs is 1. The fraction of sp³-hybridized carbons (Fsp3) is 0.351. The van der Waals surface area contributed by atoms with Gasteiger partial charge in [-0.1, -0.05) is 38.1 Å². The van der Waals surface area contributed by atoms with Gasteiger partial charge < -0.3 is 30.5 Å². The Bertz CT molecular complexity index is 2130. The molecule has 0 aliphatic carbocycles. The molecule has 1 aromatic heterocycles. The van der Waals surface area contributed by atoms with Crippen LogP contribution >= 0.6 is 0 Å². The van der Waals surface area contributed by atoms with Gasteiger partial charge >= 0.3 is 18.1 Å². The molecule has 290 valence electrons. The zero-order valence-electron chi connectivity index (χ0n) is 29.8. The molecular weight excluding hydrogens is 736 g/mol. The lowest BCUT2D eigenvalue weighted by molar-refractivity contribution is -0.192. The van der Waals surface area contributed by atoms with E-state index in [9.17, 15) is 31.2 Å². The van der Waals surface area contributed by atoms with Crippen molar-refractivity contribution in [3.05, 3.63) is 89.4 Å². The minimum Gasteiger partial charge on any atom is -0.494 e. The van der Waals surface area contributed by atoms with E-state index in [1.165, 1.54) is 25.0 Å². The lowest BCUT2D eigenvalue weighted by Gasteiger charge is -2.33. The highest BCUT2D eigenvalue weighted by atomic mass is 32.2. The predicted octanol–water partition coefficient (Wildman–Crippen LogP) is 6.26. The van der Waals surface area contributed by atoms with Crippen LogP contribution in [0.4, 0.5) is 29.1 Å². The Hall–Kier alpha value is -5.45. The van der Waals surface area contributed by atoms with Gasteiger partial charge in [0.2, 0.25) is 5.91 Å². The first kappa shape index (κ1) is 41.3. The van der Waals surface area contributed by atoms with Gasteiger partial charge in [-0.2, -0.15) is 13.2 Å². The van der Waals surface area contributed by atoms with Crippen LogP contribution in [0, 0.1) is 11.7 Å². The zero-order chi connectivity index (χ0) is 40.0. The molecule has 0 spiro atoms. The van der Waals surface area contributed by atoms with Crippen molar-refractivity contribution in [1.82, 2.24) is 9.88 Å². The van der Waals surface area contributed by atoms with Gasteiger partial charge in [-0.05, 0) is 72.7 Å². The molecule has 4 N–H and O–H groups in total. The number of sulfone groups is 1. The monoisotopic (exact) mass is 776 g/mol. The molecule has 1 aliphatic rings. The average Bonchev–Trinajstić information content (AvgIpc) is 3.59. The normalized spacial score (nSPS) is 16.3. The number of nitrogen functional groups attached to an aromatic ring is 1. The van der Waals surface area contributed by atoms with Crippen LogP contribution in [0.3, 0.4) is 0 Å². The third-order valence-electron chi connectivity index (χ3n) is 8.89. The first-order chi connectivity index (χ1) is 25.5. The summed E-state index contributed by atoms with van der Waals surface area (Å²) in [5, 5.41) is 11.8. The number of carbonyl (C=O) groups excluding carboxylic acids is 2. The van der Waals surface area contributed by atoms with E-state index in [1.54, 1.807) is 67.7 Å². The number of esters is 1. The zero-order valence-corrected chi connectivity index (χ0v) is 30.6. The van der Waals surface area contributed by atoms with Crippen molar-refractivity contribution >= 4 is 50.0 Å². The highest BCUT2D eigenvalue weighted by molar-refractivity contribution is 7.91. The number of pyridine rings is 1. The quantitative estimate of drug-likeness (QED) is 0.116. The number of nitrogens with two attached hydrogens (primary N) is 1. The number of likely N-dealkylation sites (tertiary alicyclic amines) is 1. The van der Waals surface area contributed by atoms with Crippen molar-refractivity contribution in [2.45, 2.75) is 56.8 Å². The van der Waals surface area contributed by atoms with E-state index in [1.807, 2.05) is 6.92 Å². The average molecular weight is 777 g/mol. The number of nitrogens with one attached hydrogen (secondary N) is 1. The molecular formula is C37H40F4N4O8S. The lowest BCUT2D eigenvalue weighted by Crippen LogP contribution is -2.40. The maximum absolute atomic E-state index is 16.2. The minimum absolute atomic E-state index is 0.0157. The van der Waals surface area contributed by atoms with Crippen LogP contribution in [0.25, 0.3) is 10.8 Å². The SMILES string of the molecule is CCOC(=O)[C@H]1CCN(C(=O)[C@@H](Nc2ccc3c(N)nccc3c2)c2cc(CC)cc(OC)c2F)[C@H]1c1ccccc1S(=O)(=O)CC.O=C(O)C(F)(F)F. The molecule has 3 aromatic carbocycles. The van der Waals surface area contributed by atoms with E-state index in [-0.39, 0.29) is 41.5 Å². The minimum atomic E-state index is -5.08. The Morgan fingerprint density at radius 3 is 2.37 bits per heavy atom. The largest absolute Gasteiger partial charge is 0.494 e. The number of halogens is 4. The summed E-state index contributed by atoms with van der Waals surface area (Å²) < 4.78 is 85.2. The van der Waals surface area contributed by atoms with Crippen molar-refractivity contribution in [3.63, 3.8) is 0 Å². The van der Waals surface area contributed by atoms with Crippen LogP contribution in [0.2, 0.25) is 0 Å². The van der Waals surface area contributed by atoms with Crippen molar-refractivity contribution in [1.29, 1.82) is 0 Å².